The van der Waals surface area contributed by atoms with Crippen molar-refractivity contribution in [3.63, 3.8) is 0 Å². The number of methoxy groups -OCH3 is 1. The number of anilines is 8. The molecule has 3 atom stereocenters. The predicted molar refractivity (Wildman–Crippen MR) is 311 cm³/mol. The van der Waals surface area contributed by atoms with Gasteiger partial charge in [0, 0.05) is 87.3 Å². The Hall–Kier alpha value is -6.70. The molecule has 2 aliphatic rings. The van der Waals surface area contributed by atoms with E-state index >= 15 is 0 Å². The Kier molecular flexibility index (Phi) is 21.2. The molecule has 2 amide bonds. The molecule has 26 nitrogen and oxygen atoms in total. The number of halogens is 3. The molecule has 0 fully saturated rings. The summed E-state index contributed by atoms with van der Waals surface area (Å²) in [7, 11) is 4.18. The zero-order valence-corrected chi connectivity index (χ0v) is 51.5. The molecule has 6 aromatic rings. The van der Waals surface area contributed by atoms with Crippen LogP contribution in [0.25, 0.3) is 0 Å². The number of hydrogen-bond acceptors (Lipinski definition) is 20. The second-order valence-electron chi connectivity index (χ2n) is 21.0. The Bertz CT molecular complexity index is 3120. The van der Waals surface area contributed by atoms with E-state index in [9.17, 15) is 24.5 Å². The molecule has 0 bridgehead atoms. The van der Waals surface area contributed by atoms with Gasteiger partial charge < -0.3 is 24.0 Å². The molecule has 80 heavy (non-hydrogen) atoms. The predicted octanol–water partition coefficient (Wildman–Crippen LogP) is 8.93. The lowest BCUT2D eigenvalue weighted by Crippen LogP contribution is -2.50. The number of nitro groups is 1. The van der Waals surface area contributed by atoms with Crippen molar-refractivity contribution >= 4 is 121 Å². The highest BCUT2D eigenvalue weighted by Gasteiger charge is 2.41. The van der Waals surface area contributed by atoms with Crippen molar-refractivity contribution in [2.24, 2.45) is 7.05 Å². The lowest BCUT2D eigenvalue weighted by molar-refractivity contribution is -0.384. The van der Waals surface area contributed by atoms with Crippen LogP contribution in [-0.4, -0.2) is 151 Å². The van der Waals surface area contributed by atoms with Crippen molar-refractivity contribution in [1.82, 2.24) is 59.2 Å². The van der Waals surface area contributed by atoms with E-state index in [0.29, 0.717) is 60.8 Å². The zero-order chi connectivity index (χ0) is 58.8. The van der Waals surface area contributed by atoms with E-state index in [1.807, 2.05) is 55.2 Å². The number of fused-ring (bicyclic) bond motifs is 2. The Balaban J connectivity index is 0.000000197. The molecule has 31 heteroatoms. The number of rotatable bonds is 20. The number of likely N-dealkylation sites (N-methyl/N-ethyl adjacent to an activating group) is 2. The minimum Gasteiger partial charge on any atom is -0.467 e. The van der Waals surface area contributed by atoms with Crippen molar-refractivity contribution in [1.29, 1.82) is 0 Å². The largest absolute Gasteiger partial charge is 0.467 e. The number of carbonyl (C=O) groups is 3. The van der Waals surface area contributed by atoms with E-state index in [2.05, 4.69) is 84.5 Å². The first-order valence-electron chi connectivity index (χ1n) is 25.8. The van der Waals surface area contributed by atoms with Gasteiger partial charge in [0.1, 0.15) is 49.2 Å². The minimum atomic E-state index is -1.22. The van der Waals surface area contributed by atoms with Crippen LogP contribution in [0.3, 0.4) is 0 Å². The van der Waals surface area contributed by atoms with Gasteiger partial charge in [0.25, 0.3) is 0 Å². The molecule has 3 unspecified atom stereocenters. The van der Waals surface area contributed by atoms with Crippen LogP contribution in [0, 0.1) is 10.1 Å². The summed E-state index contributed by atoms with van der Waals surface area (Å²) in [6.45, 7) is 21.3. The first kappa shape index (κ1) is 62.5. The van der Waals surface area contributed by atoms with Crippen molar-refractivity contribution in [3.05, 3.63) is 81.3 Å². The molecule has 0 aromatic carbocycles. The van der Waals surface area contributed by atoms with E-state index < -0.39 is 44.8 Å². The number of amides is 2. The van der Waals surface area contributed by atoms with Gasteiger partial charge in [-0.25, -0.2) is 29.1 Å². The highest BCUT2D eigenvalue weighted by atomic mass is 35.5. The summed E-state index contributed by atoms with van der Waals surface area (Å²) in [5.41, 5.74) is 0.826. The molecule has 2 aliphatic heterocycles. The van der Waals surface area contributed by atoms with Gasteiger partial charge in [0.15, 0.2) is 29.1 Å². The van der Waals surface area contributed by atoms with E-state index in [4.69, 9.17) is 49.0 Å². The van der Waals surface area contributed by atoms with Crippen molar-refractivity contribution < 1.29 is 33.5 Å². The molecule has 0 saturated carbocycles. The molecule has 0 saturated heterocycles. The van der Waals surface area contributed by atoms with Crippen LogP contribution < -0.4 is 24.5 Å². The maximum Gasteiger partial charge on any atom is 0.330 e. The molecule has 0 radical (unpaired) electrons. The van der Waals surface area contributed by atoms with Gasteiger partial charge in [-0.15, -0.1) is 0 Å². The van der Waals surface area contributed by atoms with Gasteiger partial charge >= 0.3 is 11.7 Å². The van der Waals surface area contributed by atoms with Crippen molar-refractivity contribution in [3.8, 4) is 0 Å². The van der Waals surface area contributed by atoms with Gasteiger partial charge in [-0.05, 0) is 66.2 Å². The SMILES string of the molecule is CCC(C(=O)OC)N(c1ccn(COCC[Si](C)(C)C)n1)c1nc(Cl)ncc1[N+](=O)[O-].CCC1C(=O)N(C)c2cnc(Cl)nc2N1c1ccn(C)n1.CCC1C(=O)N(C)c2cnc(Cl)nc2N1c1ccn(COCC[Si](C)(C)C)n1. The van der Waals surface area contributed by atoms with Crippen LogP contribution >= 0.6 is 34.8 Å². The third-order valence-corrected chi connectivity index (χ3v) is 16.7. The van der Waals surface area contributed by atoms with Crippen LogP contribution in [-0.2, 0) is 49.1 Å². The number of ether oxygens (including phenoxy) is 3. The molecular weight excluding hydrogens is 1130 g/mol. The number of aryl methyl sites for hydroxylation is 1. The van der Waals surface area contributed by atoms with Gasteiger partial charge in [-0.1, -0.05) is 60.1 Å². The Morgan fingerprint density at radius 2 is 1.16 bits per heavy atom. The van der Waals surface area contributed by atoms with Crippen molar-refractivity contribution in [2.45, 2.75) is 123 Å². The smallest absolute Gasteiger partial charge is 0.330 e. The molecule has 8 heterocycles. The first-order chi connectivity index (χ1) is 37.8. The van der Waals surface area contributed by atoms with Gasteiger partial charge in [-0.3, -0.25) is 39.1 Å². The number of esters is 1. The fourth-order valence-corrected chi connectivity index (χ4v) is 10.2. The van der Waals surface area contributed by atoms with Gasteiger partial charge in [-0.2, -0.15) is 30.2 Å². The van der Waals surface area contributed by atoms with Crippen molar-refractivity contribution in [2.75, 3.05) is 58.9 Å². The standard InChI is InChI=1S/C18H27ClN6O5Si.C18H27ClN6O2Si.C13H15ClN6O/c1-6-13(17(26)29-2)24(16-14(25(27)28)11-20-18(19)21-16)15-7-8-23(22-15)12-30-9-10-31(3,4)5;1-6-13-17(26)23(2)14-11-20-18(19)21-16(14)25(13)15-7-8-24(22-15)12-27-9-10-28(3,4)5;1-4-8-12(21)19(3)9-7-15-13(14)16-11(9)20(8)10-5-6-18(2)17-10/h7-8,11,13H,6,9-10,12H2,1-5H3;7-8,11,13H,6,9-10,12H2,1-5H3;5-8H,4H2,1-3H3. The highest BCUT2D eigenvalue weighted by Crippen LogP contribution is 2.41. The number of hydrogen-bond donors (Lipinski definition) is 0. The monoisotopic (exact) mass is 1200 g/mol. The highest BCUT2D eigenvalue weighted by molar-refractivity contribution is 6.76. The topological polar surface area (TPSA) is 269 Å². The average molecular weight is 1200 g/mol. The fraction of sp³-hybridized carbons (Fsp3) is 0.510. The molecule has 0 aliphatic carbocycles. The van der Waals surface area contributed by atoms with Crippen LogP contribution in [0.5, 0.6) is 0 Å². The molecule has 0 spiro atoms. The third kappa shape index (κ3) is 15.4. The second kappa shape index (κ2) is 27.2. The number of aromatic nitrogens is 12. The van der Waals surface area contributed by atoms with Gasteiger partial charge in [0.05, 0.1) is 24.4 Å². The lowest BCUT2D eigenvalue weighted by atomic mass is 10.1. The van der Waals surface area contributed by atoms with E-state index in [1.165, 1.54) is 12.0 Å². The minimum absolute atomic E-state index is 0.0124. The fourth-order valence-electron chi connectivity index (χ4n) is 8.34. The zero-order valence-electron chi connectivity index (χ0n) is 47.2. The van der Waals surface area contributed by atoms with E-state index in [1.54, 1.807) is 69.5 Å². The number of nitrogens with zero attached hydrogens (tertiary/aromatic N) is 18. The maximum absolute atomic E-state index is 12.8. The van der Waals surface area contributed by atoms with E-state index in [0.717, 1.165) is 24.9 Å². The summed E-state index contributed by atoms with van der Waals surface area (Å²) in [4.78, 5) is 81.3. The second-order valence-corrected chi connectivity index (χ2v) is 33.2. The molecular formula is C49H69Cl3N18O8Si2. The number of carbonyl (C=O) groups excluding carboxylic acids is 3. The third-order valence-electron chi connectivity index (χ3n) is 12.7. The normalized spacial score (nSPS) is 15.6. The quantitative estimate of drug-likeness (QED) is 0.0172. The first-order valence-corrected chi connectivity index (χ1v) is 34.3. The lowest BCUT2D eigenvalue weighted by Gasteiger charge is -2.38. The summed E-state index contributed by atoms with van der Waals surface area (Å²) in [5, 5.41) is 25.1. The van der Waals surface area contributed by atoms with Crippen LogP contribution in [0.4, 0.5) is 52.0 Å². The summed E-state index contributed by atoms with van der Waals surface area (Å²) in [6, 6.07) is 5.78. The summed E-state index contributed by atoms with van der Waals surface area (Å²) < 4.78 is 21.3. The van der Waals surface area contributed by atoms with Crippen LogP contribution in [0.2, 0.25) is 67.2 Å². The van der Waals surface area contributed by atoms with E-state index in [-0.39, 0.29) is 58.5 Å². The van der Waals surface area contributed by atoms with Crippen LogP contribution in [0.15, 0.2) is 55.4 Å². The summed E-state index contributed by atoms with van der Waals surface area (Å²) >= 11 is 17.9. The molecule has 432 valence electrons. The summed E-state index contributed by atoms with van der Waals surface area (Å²) in [5.74, 6) is 1.98. The summed E-state index contributed by atoms with van der Waals surface area (Å²) in [6.07, 6.45) is 11.0. The van der Waals surface area contributed by atoms with Gasteiger partial charge in [0.2, 0.25) is 33.5 Å². The Labute approximate surface area is 481 Å². The molecule has 8 rings (SSSR count). The maximum atomic E-state index is 12.8. The Morgan fingerprint density at radius 3 is 1.61 bits per heavy atom. The molecule has 0 N–H and O–H groups in total. The molecule has 6 aromatic heterocycles. The van der Waals surface area contributed by atoms with Crippen LogP contribution in [0.1, 0.15) is 40.0 Å². The Morgan fingerprint density at radius 1 is 0.700 bits per heavy atom. The average Bonchev–Trinajstić information content (AvgIpc) is 4.34.